The molecule has 0 saturated carbocycles. The van der Waals surface area contributed by atoms with Gasteiger partial charge >= 0.3 is 0 Å². The number of rotatable bonds is 3. The van der Waals surface area contributed by atoms with Crippen molar-refractivity contribution in [2.24, 2.45) is 5.73 Å². The number of aromatic nitrogens is 1. The maximum absolute atomic E-state index is 5.56. The SMILES string of the molecule is CC1CN(Cc2ccc(CN)cn2)CCN1C. The van der Waals surface area contributed by atoms with Gasteiger partial charge in [0, 0.05) is 45.0 Å². The Labute approximate surface area is 103 Å². The molecule has 1 unspecified atom stereocenters. The lowest BCUT2D eigenvalue weighted by molar-refractivity contribution is 0.0990. The molecule has 4 nitrogen and oxygen atoms in total. The van der Waals surface area contributed by atoms with Crippen LogP contribution in [0.15, 0.2) is 18.3 Å². The fourth-order valence-electron chi connectivity index (χ4n) is 2.17. The summed E-state index contributed by atoms with van der Waals surface area (Å²) in [4.78, 5) is 9.32. The average Bonchev–Trinajstić information content (AvgIpc) is 2.35. The Balaban J connectivity index is 1.92. The number of hydrogen-bond donors (Lipinski definition) is 1. The second kappa shape index (κ2) is 5.58. The van der Waals surface area contributed by atoms with Gasteiger partial charge in [0.25, 0.3) is 0 Å². The van der Waals surface area contributed by atoms with Crippen molar-refractivity contribution < 1.29 is 0 Å². The molecule has 0 radical (unpaired) electrons. The highest BCUT2D eigenvalue weighted by Crippen LogP contribution is 2.10. The minimum absolute atomic E-state index is 0.568. The first-order chi connectivity index (χ1) is 8.19. The summed E-state index contributed by atoms with van der Waals surface area (Å²) >= 11 is 0. The molecular formula is C13H22N4. The van der Waals surface area contributed by atoms with Gasteiger partial charge in [0.15, 0.2) is 0 Å². The van der Waals surface area contributed by atoms with Crippen molar-refractivity contribution in [2.75, 3.05) is 26.7 Å². The molecule has 1 aliphatic heterocycles. The van der Waals surface area contributed by atoms with Gasteiger partial charge in [-0.05, 0) is 25.6 Å². The zero-order valence-electron chi connectivity index (χ0n) is 10.8. The molecule has 1 atom stereocenters. The van der Waals surface area contributed by atoms with E-state index in [0.717, 1.165) is 37.4 Å². The number of pyridine rings is 1. The molecule has 0 aliphatic carbocycles. The molecule has 1 aromatic heterocycles. The quantitative estimate of drug-likeness (QED) is 0.835. The molecule has 17 heavy (non-hydrogen) atoms. The van der Waals surface area contributed by atoms with Crippen LogP contribution >= 0.6 is 0 Å². The van der Waals surface area contributed by atoms with Gasteiger partial charge in [-0.25, -0.2) is 0 Å². The van der Waals surface area contributed by atoms with Gasteiger partial charge in [0.05, 0.1) is 5.69 Å². The number of piperazine rings is 1. The van der Waals surface area contributed by atoms with Crippen LogP contribution in [0.3, 0.4) is 0 Å². The van der Waals surface area contributed by atoms with Crippen LogP contribution in [-0.2, 0) is 13.1 Å². The van der Waals surface area contributed by atoms with Gasteiger partial charge in [-0.2, -0.15) is 0 Å². The molecule has 0 aromatic carbocycles. The third kappa shape index (κ3) is 3.25. The fourth-order valence-corrected chi connectivity index (χ4v) is 2.17. The summed E-state index contributed by atoms with van der Waals surface area (Å²) in [5.41, 5.74) is 7.80. The molecular weight excluding hydrogens is 212 g/mol. The van der Waals surface area contributed by atoms with Crippen LogP contribution < -0.4 is 5.73 Å². The second-order valence-corrected chi connectivity index (χ2v) is 4.93. The summed E-state index contributed by atoms with van der Waals surface area (Å²) < 4.78 is 0. The zero-order chi connectivity index (χ0) is 12.3. The molecule has 2 N–H and O–H groups in total. The van der Waals surface area contributed by atoms with Crippen LogP contribution in [0.2, 0.25) is 0 Å². The standard InChI is InChI=1S/C13H22N4/c1-11-9-17(6-5-16(11)2)10-13-4-3-12(7-14)8-15-13/h3-4,8,11H,5-7,9-10,14H2,1-2H3. The lowest BCUT2D eigenvalue weighted by Gasteiger charge is -2.37. The molecule has 94 valence electrons. The summed E-state index contributed by atoms with van der Waals surface area (Å²) in [6.07, 6.45) is 1.88. The largest absolute Gasteiger partial charge is 0.326 e. The first-order valence-corrected chi connectivity index (χ1v) is 6.25. The van der Waals surface area contributed by atoms with Crippen LogP contribution in [-0.4, -0.2) is 47.5 Å². The van der Waals surface area contributed by atoms with E-state index in [0.29, 0.717) is 12.6 Å². The molecule has 0 bridgehead atoms. The fraction of sp³-hybridized carbons (Fsp3) is 0.615. The molecule has 1 aliphatic rings. The molecule has 1 aromatic rings. The van der Waals surface area contributed by atoms with Gasteiger partial charge in [0.1, 0.15) is 0 Å². The Morgan fingerprint density at radius 3 is 2.82 bits per heavy atom. The van der Waals surface area contributed by atoms with E-state index in [4.69, 9.17) is 5.73 Å². The van der Waals surface area contributed by atoms with Gasteiger partial charge in [-0.15, -0.1) is 0 Å². The van der Waals surface area contributed by atoms with Gasteiger partial charge < -0.3 is 10.6 Å². The lowest BCUT2D eigenvalue weighted by Crippen LogP contribution is -2.49. The van der Waals surface area contributed by atoms with Crippen molar-refractivity contribution in [3.05, 3.63) is 29.6 Å². The van der Waals surface area contributed by atoms with Crippen LogP contribution in [0.1, 0.15) is 18.2 Å². The molecule has 0 spiro atoms. The van der Waals surface area contributed by atoms with Crippen molar-refractivity contribution in [2.45, 2.75) is 26.1 Å². The van der Waals surface area contributed by atoms with Crippen LogP contribution in [0.4, 0.5) is 0 Å². The first-order valence-electron chi connectivity index (χ1n) is 6.25. The van der Waals surface area contributed by atoms with Crippen molar-refractivity contribution in [3.63, 3.8) is 0 Å². The van der Waals surface area contributed by atoms with Crippen LogP contribution in [0.5, 0.6) is 0 Å². The molecule has 1 saturated heterocycles. The average molecular weight is 234 g/mol. The van der Waals surface area contributed by atoms with Gasteiger partial charge in [0.2, 0.25) is 0 Å². The van der Waals surface area contributed by atoms with Crippen molar-refractivity contribution in [1.82, 2.24) is 14.8 Å². The minimum atomic E-state index is 0.568. The van der Waals surface area contributed by atoms with E-state index in [1.807, 2.05) is 6.20 Å². The Kier molecular flexibility index (Phi) is 4.10. The second-order valence-electron chi connectivity index (χ2n) is 4.93. The molecule has 2 heterocycles. The summed E-state index contributed by atoms with van der Waals surface area (Å²) in [5, 5.41) is 0. The third-order valence-electron chi connectivity index (χ3n) is 3.55. The predicted molar refractivity (Wildman–Crippen MR) is 69.5 cm³/mol. The van der Waals surface area contributed by atoms with E-state index in [-0.39, 0.29) is 0 Å². The third-order valence-corrected chi connectivity index (χ3v) is 3.55. The van der Waals surface area contributed by atoms with Gasteiger partial charge in [-0.3, -0.25) is 9.88 Å². The van der Waals surface area contributed by atoms with E-state index in [9.17, 15) is 0 Å². The van der Waals surface area contributed by atoms with Crippen molar-refractivity contribution >= 4 is 0 Å². The smallest absolute Gasteiger partial charge is 0.0544 e. The highest BCUT2D eigenvalue weighted by molar-refractivity contribution is 5.13. The maximum Gasteiger partial charge on any atom is 0.0544 e. The van der Waals surface area contributed by atoms with E-state index < -0.39 is 0 Å². The first kappa shape index (κ1) is 12.5. The summed E-state index contributed by atoms with van der Waals surface area (Å²) in [5.74, 6) is 0. The number of nitrogens with zero attached hydrogens (tertiary/aromatic N) is 3. The molecule has 1 fully saturated rings. The number of hydrogen-bond acceptors (Lipinski definition) is 4. The topological polar surface area (TPSA) is 45.4 Å². The summed E-state index contributed by atoms with van der Waals surface area (Å²) in [6.45, 7) is 7.18. The number of nitrogens with two attached hydrogens (primary N) is 1. The Hall–Kier alpha value is -0.970. The highest BCUT2D eigenvalue weighted by atomic mass is 15.3. The maximum atomic E-state index is 5.56. The number of likely N-dealkylation sites (N-methyl/N-ethyl adjacent to an activating group) is 1. The van der Waals surface area contributed by atoms with Crippen molar-refractivity contribution in [1.29, 1.82) is 0 Å². The monoisotopic (exact) mass is 234 g/mol. The molecule has 2 rings (SSSR count). The normalized spacial score (nSPS) is 22.9. The van der Waals surface area contributed by atoms with Gasteiger partial charge in [-0.1, -0.05) is 6.07 Å². The predicted octanol–water partition coefficient (Wildman–Crippen LogP) is 0.676. The van der Waals surface area contributed by atoms with Crippen molar-refractivity contribution in [3.8, 4) is 0 Å². The zero-order valence-corrected chi connectivity index (χ0v) is 10.8. The van der Waals surface area contributed by atoms with E-state index >= 15 is 0 Å². The van der Waals surface area contributed by atoms with E-state index in [1.165, 1.54) is 0 Å². The summed E-state index contributed by atoms with van der Waals surface area (Å²) in [7, 11) is 2.19. The summed E-state index contributed by atoms with van der Waals surface area (Å²) in [6, 6.07) is 4.79. The van der Waals surface area contributed by atoms with E-state index in [2.05, 4.69) is 40.9 Å². The minimum Gasteiger partial charge on any atom is -0.326 e. The lowest BCUT2D eigenvalue weighted by atomic mass is 10.2. The Bertz CT molecular complexity index is 349. The molecule has 4 heteroatoms. The van der Waals surface area contributed by atoms with E-state index in [1.54, 1.807) is 0 Å². The van der Waals surface area contributed by atoms with Crippen LogP contribution in [0, 0.1) is 0 Å². The Morgan fingerprint density at radius 1 is 1.41 bits per heavy atom. The van der Waals surface area contributed by atoms with Crippen LogP contribution in [0.25, 0.3) is 0 Å². The Morgan fingerprint density at radius 2 is 2.24 bits per heavy atom. The highest BCUT2D eigenvalue weighted by Gasteiger charge is 2.20. The molecule has 0 amide bonds.